The second-order valence-electron chi connectivity index (χ2n) is 8.43. The van der Waals surface area contributed by atoms with Crippen molar-refractivity contribution < 1.29 is 9.59 Å². The molecule has 1 aromatic carbocycles. The minimum absolute atomic E-state index is 0.0123. The number of aryl methyl sites for hydroxylation is 1. The van der Waals surface area contributed by atoms with E-state index in [0.717, 1.165) is 63.0 Å². The number of benzene rings is 1. The van der Waals surface area contributed by atoms with Crippen LogP contribution in [-0.4, -0.2) is 53.9 Å². The first-order chi connectivity index (χ1) is 15.0. The lowest BCUT2D eigenvalue weighted by molar-refractivity contribution is 0.0723. The molecule has 1 N–H and O–H groups in total. The number of halogens is 1. The van der Waals surface area contributed by atoms with Gasteiger partial charge in [0.05, 0.1) is 10.6 Å². The van der Waals surface area contributed by atoms with E-state index in [1.54, 1.807) is 12.3 Å². The summed E-state index contributed by atoms with van der Waals surface area (Å²) in [6.45, 7) is 5.07. The van der Waals surface area contributed by atoms with Gasteiger partial charge in [-0.3, -0.25) is 9.59 Å². The molecule has 6 nitrogen and oxygen atoms in total. The number of carbonyl (C=O) groups is 2. The number of anilines is 1. The van der Waals surface area contributed by atoms with Crippen molar-refractivity contribution in [3.63, 3.8) is 0 Å². The number of hydrogen-bond donors (Lipinski definition) is 1. The van der Waals surface area contributed by atoms with Crippen molar-refractivity contribution in [2.75, 3.05) is 31.1 Å². The minimum Gasteiger partial charge on any atom is -0.355 e. The van der Waals surface area contributed by atoms with Gasteiger partial charge in [-0.05, 0) is 56.7 Å². The Morgan fingerprint density at radius 3 is 2.45 bits per heavy atom. The van der Waals surface area contributed by atoms with Crippen molar-refractivity contribution in [1.29, 1.82) is 0 Å². The number of pyridine rings is 1. The summed E-state index contributed by atoms with van der Waals surface area (Å²) in [5.74, 6) is 0.701. The summed E-state index contributed by atoms with van der Waals surface area (Å²) in [7, 11) is 0. The van der Waals surface area contributed by atoms with Gasteiger partial charge >= 0.3 is 0 Å². The van der Waals surface area contributed by atoms with E-state index in [-0.39, 0.29) is 17.9 Å². The van der Waals surface area contributed by atoms with Crippen LogP contribution in [0, 0.1) is 6.92 Å². The average molecular weight is 441 g/mol. The van der Waals surface area contributed by atoms with E-state index in [0.29, 0.717) is 16.4 Å². The van der Waals surface area contributed by atoms with Gasteiger partial charge in [0.1, 0.15) is 5.82 Å². The highest BCUT2D eigenvalue weighted by Gasteiger charge is 2.25. The van der Waals surface area contributed by atoms with Crippen LogP contribution in [0.3, 0.4) is 0 Å². The summed E-state index contributed by atoms with van der Waals surface area (Å²) in [6, 6.07) is 9.50. The predicted octanol–water partition coefficient (Wildman–Crippen LogP) is 4.07. The molecule has 0 radical (unpaired) electrons. The van der Waals surface area contributed by atoms with Gasteiger partial charge in [0.2, 0.25) is 0 Å². The van der Waals surface area contributed by atoms with Crippen LogP contribution >= 0.6 is 11.6 Å². The van der Waals surface area contributed by atoms with Crippen LogP contribution in [0.15, 0.2) is 36.5 Å². The van der Waals surface area contributed by atoms with Gasteiger partial charge in [0.15, 0.2) is 0 Å². The van der Waals surface area contributed by atoms with Crippen molar-refractivity contribution in [1.82, 2.24) is 15.2 Å². The van der Waals surface area contributed by atoms with Crippen LogP contribution in [0.2, 0.25) is 5.02 Å². The molecular weight excluding hydrogens is 412 g/mol. The summed E-state index contributed by atoms with van der Waals surface area (Å²) >= 11 is 6.52. The third kappa shape index (κ3) is 5.01. The highest BCUT2D eigenvalue weighted by Crippen LogP contribution is 2.28. The van der Waals surface area contributed by atoms with E-state index in [1.165, 1.54) is 6.42 Å². The van der Waals surface area contributed by atoms with E-state index in [4.69, 9.17) is 11.6 Å². The summed E-state index contributed by atoms with van der Waals surface area (Å²) in [5, 5.41) is 3.66. The van der Waals surface area contributed by atoms with Crippen LogP contribution < -0.4 is 10.2 Å². The lowest BCUT2D eigenvalue weighted by Crippen LogP contribution is -2.45. The summed E-state index contributed by atoms with van der Waals surface area (Å²) < 4.78 is 0. The number of amides is 2. The molecule has 2 saturated heterocycles. The van der Waals surface area contributed by atoms with Crippen molar-refractivity contribution in [2.24, 2.45) is 0 Å². The van der Waals surface area contributed by atoms with Gasteiger partial charge in [0.25, 0.3) is 11.8 Å². The van der Waals surface area contributed by atoms with Crippen molar-refractivity contribution >= 4 is 29.2 Å². The monoisotopic (exact) mass is 440 g/mol. The molecule has 31 heavy (non-hydrogen) atoms. The molecule has 0 saturated carbocycles. The maximum atomic E-state index is 12.7. The zero-order valence-electron chi connectivity index (χ0n) is 17.9. The number of aromatic nitrogens is 1. The van der Waals surface area contributed by atoms with E-state index in [2.05, 4.69) is 15.2 Å². The lowest BCUT2D eigenvalue weighted by Gasteiger charge is -2.34. The summed E-state index contributed by atoms with van der Waals surface area (Å²) in [4.78, 5) is 33.8. The molecular formula is C24H29ClN4O2. The van der Waals surface area contributed by atoms with Crippen LogP contribution in [0.1, 0.15) is 58.4 Å². The predicted molar refractivity (Wildman–Crippen MR) is 123 cm³/mol. The summed E-state index contributed by atoms with van der Waals surface area (Å²) in [5.41, 5.74) is 2.26. The quantitative estimate of drug-likeness (QED) is 0.778. The third-order valence-electron chi connectivity index (χ3n) is 6.23. The maximum absolute atomic E-state index is 12.7. The normalized spacial score (nSPS) is 17.5. The van der Waals surface area contributed by atoms with E-state index in [9.17, 15) is 9.59 Å². The van der Waals surface area contributed by atoms with Gasteiger partial charge in [-0.2, -0.15) is 0 Å². The van der Waals surface area contributed by atoms with E-state index >= 15 is 0 Å². The van der Waals surface area contributed by atoms with E-state index in [1.807, 2.05) is 36.1 Å². The molecule has 2 aliphatic rings. The number of nitrogens with one attached hydrogen (secondary N) is 1. The number of likely N-dealkylation sites (tertiary alicyclic amines) is 1. The van der Waals surface area contributed by atoms with Crippen LogP contribution in [0.4, 0.5) is 5.82 Å². The second-order valence-corrected chi connectivity index (χ2v) is 8.84. The van der Waals surface area contributed by atoms with Gasteiger partial charge in [-0.15, -0.1) is 0 Å². The van der Waals surface area contributed by atoms with Gasteiger partial charge in [-0.1, -0.05) is 29.8 Å². The Morgan fingerprint density at radius 1 is 1.06 bits per heavy atom. The highest BCUT2D eigenvalue weighted by atomic mass is 35.5. The smallest absolute Gasteiger partial charge is 0.255 e. The van der Waals surface area contributed by atoms with Crippen LogP contribution in [0.25, 0.3) is 0 Å². The fourth-order valence-corrected chi connectivity index (χ4v) is 4.67. The fraction of sp³-hybridized carbons (Fsp3) is 0.458. The molecule has 4 rings (SSSR count). The molecule has 2 aromatic rings. The topological polar surface area (TPSA) is 65.5 Å². The molecule has 0 aliphatic carbocycles. The summed E-state index contributed by atoms with van der Waals surface area (Å²) in [6.07, 6.45) is 6.59. The van der Waals surface area contributed by atoms with Crippen molar-refractivity contribution in [2.45, 2.75) is 45.1 Å². The average Bonchev–Trinajstić information content (AvgIpc) is 2.80. The lowest BCUT2D eigenvalue weighted by atomic mass is 10.0. The first-order valence-corrected chi connectivity index (χ1v) is 11.5. The Bertz CT molecular complexity index is 950. The van der Waals surface area contributed by atoms with E-state index < -0.39 is 0 Å². The molecule has 7 heteroatoms. The number of hydrogen-bond acceptors (Lipinski definition) is 4. The standard InChI is InChI=1S/C24H29ClN4O2/c1-17-7-3-4-8-20(17)23(30)27-19-9-13-28(14-10-19)22-21(25)15-18(16-26-22)24(31)29-11-5-2-6-12-29/h3-4,7-8,15-16,19H,2,5-6,9-14H2,1H3,(H,27,30). The minimum atomic E-state index is -0.0201. The molecule has 0 spiro atoms. The highest BCUT2D eigenvalue weighted by molar-refractivity contribution is 6.33. The number of carbonyl (C=O) groups excluding carboxylic acids is 2. The van der Waals surface area contributed by atoms with Crippen molar-refractivity contribution in [3.8, 4) is 0 Å². The van der Waals surface area contributed by atoms with Crippen LogP contribution in [-0.2, 0) is 0 Å². The molecule has 3 heterocycles. The molecule has 2 fully saturated rings. The Balaban J connectivity index is 1.35. The SMILES string of the molecule is Cc1ccccc1C(=O)NC1CCN(c2ncc(C(=O)N3CCCCC3)cc2Cl)CC1. The Morgan fingerprint density at radius 2 is 1.77 bits per heavy atom. The molecule has 2 amide bonds. The second kappa shape index (κ2) is 9.69. The first kappa shape index (κ1) is 21.6. The number of nitrogens with zero attached hydrogens (tertiary/aromatic N) is 3. The molecule has 2 aliphatic heterocycles. The first-order valence-electron chi connectivity index (χ1n) is 11.1. The molecule has 0 bridgehead atoms. The molecule has 1 aromatic heterocycles. The number of piperidine rings is 2. The van der Waals surface area contributed by atoms with Gasteiger partial charge in [0, 0.05) is 44.0 Å². The Kier molecular flexibility index (Phi) is 6.76. The molecule has 0 unspecified atom stereocenters. The largest absolute Gasteiger partial charge is 0.355 e. The molecule has 164 valence electrons. The molecule has 0 atom stereocenters. The van der Waals surface area contributed by atoms with Crippen molar-refractivity contribution in [3.05, 3.63) is 58.2 Å². The van der Waals surface area contributed by atoms with Gasteiger partial charge < -0.3 is 15.1 Å². The Hall–Kier alpha value is -2.60. The third-order valence-corrected chi connectivity index (χ3v) is 6.51. The number of rotatable bonds is 4. The van der Waals surface area contributed by atoms with Gasteiger partial charge in [-0.25, -0.2) is 4.98 Å². The Labute approximate surface area is 188 Å². The maximum Gasteiger partial charge on any atom is 0.255 e. The zero-order chi connectivity index (χ0) is 21.8. The zero-order valence-corrected chi connectivity index (χ0v) is 18.7. The van der Waals surface area contributed by atoms with Crippen LogP contribution in [0.5, 0.6) is 0 Å². The fourth-order valence-electron chi connectivity index (χ4n) is 4.39.